The van der Waals surface area contributed by atoms with Gasteiger partial charge in [0, 0.05) is 25.2 Å². The Labute approximate surface area is 95.1 Å². The number of likely N-dealkylation sites (tertiary alicyclic amines) is 1. The van der Waals surface area contributed by atoms with Crippen LogP contribution in [0.15, 0.2) is 12.3 Å². The number of aromatic amines is 1. The number of carboxylic acid groups (broad SMARTS) is 1. The number of H-pyrrole nitrogens is 1. The van der Waals surface area contributed by atoms with Crippen molar-refractivity contribution >= 4 is 17.0 Å². The van der Waals surface area contributed by atoms with E-state index < -0.39 is 12.0 Å². The molecular formula is C10H9FN4O2. The Morgan fingerprint density at radius 1 is 1.59 bits per heavy atom. The first kappa shape index (κ1) is 10.0. The molecule has 88 valence electrons. The number of carbonyl (C=O) groups is 1. The maximum absolute atomic E-state index is 13.6. The van der Waals surface area contributed by atoms with Crippen LogP contribution in [-0.4, -0.2) is 44.4 Å². The molecule has 1 saturated heterocycles. The lowest BCUT2D eigenvalue weighted by molar-refractivity contribution is 0.105. The van der Waals surface area contributed by atoms with Gasteiger partial charge >= 0.3 is 6.09 Å². The van der Waals surface area contributed by atoms with Crippen LogP contribution >= 0.6 is 0 Å². The monoisotopic (exact) mass is 236 g/mol. The van der Waals surface area contributed by atoms with Crippen LogP contribution in [0.3, 0.4) is 0 Å². The highest BCUT2D eigenvalue weighted by atomic mass is 19.1. The Morgan fingerprint density at radius 3 is 3.06 bits per heavy atom. The van der Waals surface area contributed by atoms with Gasteiger partial charge in [0.1, 0.15) is 0 Å². The number of hydrogen-bond donors (Lipinski definition) is 2. The number of amides is 1. The smallest absolute Gasteiger partial charge is 0.407 e. The molecule has 3 rings (SSSR count). The summed E-state index contributed by atoms with van der Waals surface area (Å²) in [6, 6.07) is 1.62. The second kappa shape index (κ2) is 3.41. The van der Waals surface area contributed by atoms with E-state index in [2.05, 4.69) is 15.2 Å². The molecule has 0 atom stereocenters. The topological polar surface area (TPSA) is 82.1 Å². The van der Waals surface area contributed by atoms with Crippen LogP contribution in [0.1, 0.15) is 11.6 Å². The van der Waals surface area contributed by atoms with Gasteiger partial charge in [0.25, 0.3) is 0 Å². The van der Waals surface area contributed by atoms with E-state index in [4.69, 9.17) is 5.11 Å². The van der Waals surface area contributed by atoms with E-state index in [0.29, 0.717) is 29.7 Å². The molecule has 17 heavy (non-hydrogen) atoms. The minimum absolute atomic E-state index is 0.0326. The molecule has 3 heterocycles. The maximum atomic E-state index is 13.6. The zero-order chi connectivity index (χ0) is 12.0. The molecule has 0 saturated carbocycles. The fraction of sp³-hybridized carbons (Fsp3) is 0.300. The highest BCUT2D eigenvalue weighted by Crippen LogP contribution is 2.31. The molecule has 2 aromatic rings. The van der Waals surface area contributed by atoms with Crippen molar-refractivity contribution in [3.8, 4) is 0 Å². The predicted octanol–water partition coefficient (Wildman–Crippen LogP) is 1.17. The molecule has 7 heteroatoms. The second-order valence-corrected chi connectivity index (χ2v) is 4.02. The fourth-order valence-electron chi connectivity index (χ4n) is 2.06. The molecule has 0 aromatic carbocycles. The van der Waals surface area contributed by atoms with Crippen LogP contribution < -0.4 is 0 Å². The SMILES string of the molecule is O=C(O)N1CC(c2[nH]nc3ccnc(F)c23)C1. The van der Waals surface area contributed by atoms with Crippen molar-refractivity contribution in [3.05, 3.63) is 23.9 Å². The number of rotatable bonds is 1. The van der Waals surface area contributed by atoms with E-state index in [1.54, 1.807) is 6.07 Å². The Hall–Kier alpha value is -2.18. The largest absolute Gasteiger partial charge is 0.465 e. The van der Waals surface area contributed by atoms with E-state index in [-0.39, 0.29) is 5.92 Å². The fourth-order valence-corrected chi connectivity index (χ4v) is 2.06. The molecule has 0 spiro atoms. The Morgan fingerprint density at radius 2 is 2.35 bits per heavy atom. The number of pyridine rings is 1. The number of nitrogens with one attached hydrogen (secondary N) is 1. The van der Waals surface area contributed by atoms with Gasteiger partial charge in [-0.2, -0.15) is 9.49 Å². The molecular weight excluding hydrogens is 227 g/mol. The highest BCUT2D eigenvalue weighted by molar-refractivity contribution is 5.81. The molecule has 2 N–H and O–H groups in total. The molecule has 6 nitrogen and oxygen atoms in total. The summed E-state index contributed by atoms with van der Waals surface area (Å²) in [4.78, 5) is 15.5. The number of halogens is 1. The molecule has 1 aliphatic rings. The standard InChI is InChI=1S/C10H9FN4O2/c11-9-7-6(1-2-12-9)13-14-8(7)5-3-15(4-5)10(16)17/h1-2,5H,3-4H2,(H,13,14)(H,16,17). The quantitative estimate of drug-likeness (QED) is 0.728. The predicted molar refractivity (Wildman–Crippen MR) is 56.2 cm³/mol. The lowest BCUT2D eigenvalue weighted by Crippen LogP contribution is -2.48. The third-order valence-electron chi connectivity index (χ3n) is 3.01. The Kier molecular flexibility index (Phi) is 2.01. The molecule has 1 amide bonds. The summed E-state index contributed by atoms with van der Waals surface area (Å²) in [6.45, 7) is 0.724. The summed E-state index contributed by atoms with van der Waals surface area (Å²) in [5.41, 5.74) is 1.14. The van der Waals surface area contributed by atoms with E-state index >= 15 is 0 Å². The molecule has 0 aliphatic carbocycles. The first-order valence-corrected chi connectivity index (χ1v) is 5.13. The van der Waals surface area contributed by atoms with Crippen molar-refractivity contribution in [1.29, 1.82) is 0 Å². The average molecular weight is 236 g/mol. The molecule has 0 unspecified atom stereocenters. The van der Waals surface area contributed by atoms with Crippen molar-refractivity contribution in [3.63, 3.8) is 0 Å². The average Bonchev–Trinajstić information content (AvgIpc) is 2.60. The molecule has 0 bridgehead atoms. The maximum Gasteiger partial charge on any atom is 0.407 e. The van der Waals surface area contributed by atoms with E-state index in [0.717, 1.165) is 0 Å². The van der Waals surface area contributed by atoms with E-state index in [1.165, 1.54) is 11.1 Å². The highest BCUT2D eigenvalue weighted by Gasteiger charge is 2.34. The third kappa shape index (κ3) is 1.42. The van der Waals surface area contributed by atoms with Crippen molar-refractivity contribution in [2.75, 3.05) is 13.1 Å². The number of nitrogens with zero attached hydrogens (tertiary/aromatic N) is 3. The Balaban J connectivity index is 1.95. The van der Waals surface area contributed by atoms with Crippen LogP contribution in [0, 0.1) is 5.95 Å². The van der Waals surface area contributed by atoms with Gasteiger partial charge in [0.05, 0.1) is 16.6 Å². The Bertz CT molecular complexity index is 591. The number of aromatic nitrogens is 3. The lowest BCUT2D eigenvalue weighted by atomic mass is 9.95. The summed E-state index contributed by atoms with van der Waals surface area (Å²) >= 11 is 0. The van der Waals surface area contributed by atoms with Crippen molar-refractivity contribution < 1.29 is 14.3 Å². The zero-order valence-electron chi connectivity index (χ0n) is 8.72. The molecule has 0 radical (unpaired) electrons. The summed E-state index contributed by atoms with van der Waals surface area (Å²) < 4.78 is 13.6. The summed E-state index contributed by atoms with van der Waals surface area (Å²) in [5, 5.41) is 15.8. The van der Waals surface area contributed by atoms with Crippen LogP contribution in [0.2, 0.25) is 0 Å². The van der Waals surface area contributed by atoms with Gasteiger partial charge in [-0.3, -0.25) is 5.10 Å². The minimum Gasteiger partial charge on any atom is -0.465 e. The van der Waals surface area contributed by atoms with Gasteiger partial charge in [-0.05, 0) is 6.07 Å². The summed E-state index contributed by atoms with van der Waals surface area (Å²) in [7, 11) is 0. The van der Waals surface area contributed by atoms with Gasteiger partial charge in [0.2, 0.25) is 5.95 Å². The third-order valence-corrected chi connectivity index (χ3v) is 3.01. The van der Waals surface area contributed by atoms with Crippen LogP contribution in [0.25, 0.3) is 10.9 Å². The van der Waals surface area contributed by atoms with Crippen molar-refractivity contribution in [2.24, 2.45) is 0 Å². The van der Waals surface area contributed by atoms with Gasteiger partial charge in [-0.15, -0.1) is 0 Å². The van der Waals surface area contributed by atoms with E-state index in [1.807, 2.05) is 0 Å². The van der Waals surface area contributed by atoms with Crippen LogP contribution in [-0.2, 0) is 0 Å². The van der Waals surface area contributed by atoms with Crippen molar-refractivity contribution in [2.45, 2.75) is 5.92 Å². The van der Waals surface area contributed by atoms with Crippen LogP contribution in [0.5, 0.6) is 0 Å². The van der Waals surface area contributed by atoms with Gasteiger partial charge in [0.15, 0.2) is 0 Å². The normalized spacial score (nSPS) is 16.2. The van der Waals surface area contributed by atoms with Gasteiger partial charge in [-0.1, -0.05) is 0 Å². The molecule has 2 aromatic heterocycles. The van der Waals surface area contributed by atoms with Gasteiger partial charge in [-0.25, -0.2) is 9.78 Å². The second-order valence-electron chi connectivity index (χ2n) is 4.02. The first-order valence-electron chi connectivity index (χ1n) is 5.13. The zero-order valence-corrected chi connectivity index (χ0v) is 8.72. The summed E-state index contributed by atoms with van der Waals surface area (Å²) in [6.07, 6.45) is 0.399. The number of fused-ring (bicyclic) bond motifs is 1. The minimum atomic E-state index is -0.955. The summed E-state index contributed by atoms with van der Waals surface area (Å²) in [5.74, 6) is -0.602. The lowest BCUT2D eigenvalue weighted by Gasteiger charge is -2.36. The van der Waals surface area contributed by atoms with Gasteiger partial charge < -0.3 is 10.0 Å². The van der Waals surface area contributed by atoms with Crippen LogP contribution in [0.4, 0.5) is 9.18 Å². The van der Waals surface area contributed by atoms with E-state index in [9.17, 15) is 9.18 Å². The molecule has 1 fully saturated rings. The number of hydrogen-bond acceptors (Lipinski definition) is 3. The first-order chi connectivity index (χ1) is 8.16. The van der Waals surface area contributed by atoms with Crippen molar-refractivity contribution in [1.82, 2.24) is 20.1 Å². The molecule has 1 aliphatic heterocycles.